The maximum Gasteiger partial charge on any atom is 0.419 e. The van der Waals surface area contributed by atoms with Gasteiger partial charge in [-0.25, -0.2) is 12.8 Å². The Labute approximate surface area is 213 Å². The summed E-state index contributed by atoms with van der Waals surface area (Å²) < 4.78 is 83.7. The Morgan fingerprint density at radius 1 is 0.973 bits per heavy atom. The molecular formula is C27H27F4NO4S. The minimum absolute atomic E-state index is 0.0190. The Bertz CT molecular complexity index is 1310. The lowest BCUT2D eigenvalue weighted by molar-refractivity contribution is -0.140. The van der Waals surface area contributed by atoms with Crippen LogP contribution in [0.15, 0.2) is 71.6 Å². The van der Waals surface area contributed by atoms with Gasteiger partial charge in [0, 0.05) is 37.0 Å². The van der Waals surface area contributed by atoms with Crippen molar-refractivity contribution in [1.82, 2.24) is 4.90 Å². The highest BCUT2D eigenvalue weighted by atomic mass is 32.2. The van der Waals surface area contributed by atoms with E-state index >= 15 is 0 Å². The molecular weight excluding hydrogens is 510 g/mol. The van der Waals surface area contributed by atoms with Gasteiger partial charge in [0.05, 0.1) is 17.1 Å². The second-order valence-electron chi connectivity index (χ2n) is 8.58. The molecule has 0 saturated carbocycles. The van der Waals surface area contributed by atoms with Gasteiger partial charge in [-0.05, 0) is 42.7 Å². The van der Waals surface area contributed by atoms with E-state index in [1.165, 1.54) is 30.3 Å². The topological polar surface area (TPSA) is 63.7 Å². The van der Waals surface area contributed by atoms with E-state index in [2.05, 4.69) is 0 Å². The van der Waals surface area contributed by atoms with Crippen LogP contribution in [0.3, 0.4) is 0 Å². The van der Waals surface area contributed by atoms with Gasteiger partial charge in [0.2, 0.25) is 0 Å². The number of carbonyl (C=O) groups is 1. The van der Waals surface area contributed by atoms with Crippen LogP contribution in [-0.4, -0.2) is 45.6 Å². The first-order chi connectivity index (χ1) is 17.5. The van der Waals surface area contributed by atoms with Crippen LogP contribution in [0.1, 0.15) is 33.5 Å². The van der Waals surface area contributed by atoms with Gasteiger partial charge in [-0.2, -0.15) is 13.2 Å². The zero-order valence-corrected chi connectivity index (χ0v) is 21.0. The monoisotopic (exact) mass is 537 g/mol. The molecule has 37 heavy (non-hydrogen) atoms. The van der Waals surface area contributed by atoms with E-state index in [0.717, 1.165) is 17.9 Å². The van der Waals surface area contributed by atoms with E-state index in [4.69, 9.17) is 4.74 Å². The zero-order chi connectivity index (χ0) is 27.1. The number of halogens is 4. The van der Waals surface area contributed by atoms with E-state index in [1.54, 1.807) is 0 Å². The third kappa shape index (κ3) is 8.13. The molecule has 3 aromatic rings. The lowest BCUT2D eigenvalue weighted by Gasteiger charge is -2.23. The highest BCUT2D eigenvalue weighted by Crippen LogP contribution is 2.32. The molecule has 0 amide bonds. The summed E-state index contributed by atoms with van der Waals surface area (Å²) in [6.07, 6.45) is -2.27. The van der Waals surface area contributed by atoms with Crippen LogP contribution in [0, 0.1) is 5.82 Å². The minimum Gasteiger partial charge on any atom is -0.494 e. The Morgan fingerprint density at radius 3 is 2.35 bits per heavy atom. The molecule has 0 fully saturated rings. The van der Waals surface area contributed by atoms with Gasteiger partial charge < -0.3 is 4.74 Å². The quantitative estimate of drug-likeness (QED) is 0.172. The standard InChI is InChI=1S/C27H27F4NO4S/c1-37(34,35)25-17-23(12-11-22(25)19-33)36-16-6-14-32(15-13-20-7-3-2-4-8-20)18-21-9-5-10-24(26(21)28)27(29,30)31/h2-5,7-12,17,19H,6,13-16,18H2,1H3. The summed E-state index contributed by atoms with van der Waals surface area (Å²) in [7, 11) is -3.63. The largest absolute Gasteiger partial charge is 0.494 e. The first-order valence-corrected chi connectivity index (χ1v) is 13.4. The summed E-state index contributed by atoms with van der Waals surface area (Å²) in [5.41, 5.74) is -0.273. The normalized spacial score (nSPS) is 12.1. The van der Waals surface area contributed by atoms with Gasteiger partial charge >= 0.3 is 6.18 Å². The van der Waals surface area contributed by atoms with Crippen LogP contribution in [-0.2, 0) is 29.0 Å². The van der Waals surface area contributed by atoms with Crippen LogP contribution >= 0.6 is 0 Å². The van der Waals surface area contributed by atoms with Crippen molar-refractivity contribution in [2.75, 3.05) is 26.0 Å². The Hall–Kier alpha value is -3.24. The molecule has 0 saturated heterocycles. The summed E-state index contributed by atoms with van der Waals surface area (Å²) in [5.74, 6) is -1.01. The molecule has 0 aliphatic rings. The number of rotatable bonds is 12. The van der Waals surface area contributed by atoms with Gasteiger partial charge in [0.15, 0.2) is 16.1 Å². The molecule has 0 unspecified atom stereocenters. The van der Waals surface area contributed by atoms with E-state index < -0.39 is 27.4 Å². The Morgan fingerprint density at radius 2 is 1.70 bits per heavy atom. The molecule has 0 aliphatic carbocycles. The molecule has 5 nitrogen and oxygen atoms in total. The van der Waals surface area contributed by atoms with Gasteiger partial charge in [0.1, 0.15) is 11.6 Å². The van der Waals surface area contributed by atoms with Gasteiger partial charge in [-0.3, -0.25) is 9.69 Å². The lowest BCUT2D eigenvalue weighted by Crippen LogP contribution is -2.28. The van der Waals surface area contributed by atoms with Crippen LogP contribution in [0.2, 0.25) is 0 Å². The SMILES string of the molecule is CS(=O)(=O)c1cc(OCCCN(CCc2ccccc2)Cc2cccc(C(F)(F)F)c2F)ccc1C=O. The number of alkyl halides is 3. The van der Waals surface area contributed by atoms with E-state index in [-0.39, 0.29) is 34.9 Å². The summed E-state index contributed by atoms with van der Waals surface area (Å²) in [5, 5.41) is 0. The van der Waals surface area contributed by atoms with E-state index in [1.807, 2.05) is 35.2 Å². The van der Waals surface area contributed by atoms with Crippen molar-refractivity contribution in [2.24, 2.45) is 0 Å². The number of aldehydes is 1. The number of nitrogens with zero attached hydrogens (tertiary/aromatic N) is 1. The average Bonchev–Trinajstić information content (AvgIpc) is 2.85. The first kappa shape index (κ1) is 28.3. The molecule has 0 aromatic heterocycles. The van der Waals surface area contributed by atoms with E-state index in [0.29, 0.717) is 32.2 Å². The minimum atomic E-state index is -4.78. The van der Waals surface area contributed by atoms with Crippen molar-refractivity contribution in [1.29, 1.82) is 0 Å². The van der Waals surface area contributed by atoms with Gasteiger partial charge in [-0.15, -0.1) is 0 Å². The second kappa shape index (κ2) is 12.3. The summed E-state index contributed by atoms with van der Waals surface area (Å²) >= 11 is 0. The third-order valence-electron chi connectivity index (χ3n) is 5.74. The molecule has 0 atom stereocenters. The molecule has 0 aliphatic heterocycles. The van der Waals surface area contributed by atoms with Crippen molar-refractivity contribution < 1.29 is 35.5 Å². The van der Waals surface area contributed by atoms with Crippen molar-refractivity contribution in [2.45, 2.75) is 30.5 Å². The molecule has 3 rings (SSSR count). The van der Waals surface area contributed by atoms with Crippen LogP contribution in [0.25, 0.3) is 0 Å². The fourth-order valence-corrected chi connectivity index (χ4v) is 4.74. The summed E-state index contributed by atoms with van der Waals surface area (Å²) in [6.45, 7) is 1.03. The maximum absolute atomic E-state index is 14.7. The fraction of sp³-hybridized carbons (Fsp3) is 0.296. The fourth-order valence-electron chi connectivity index (χ4n) is 3.86. The van der Waals surface area contributed by atoms with Crippen molar-refractivity contribution in [3.05, 3.63) is 94.8 Å². The number of carbonyl (C=O) groups excluding carboxylic acids is 1. The maximum atomic E-state index is 14.7. The lowest BCUT2D eigenvalue weighted by atomic mass is 10.1. The molecule has 10 heteroatoms. The van der Waals surface area contributed by atoms with Gasteiger partial charge in [-0.1, -0.05) is 42.5 Å². The Kier molecular flexibility index (Phi) is 9.45. The van der Waals surface area contributed by atoms with Crippen LogP contribution < -0.4 is 4.74 Å². The van der Waals surface area contributed by atoms with Crippen LogP contribution in [0.4, 0.5) is 17.6 Å². The number of sulfone groups is 1. The predicted molar refractivity (Wildman–Crippen MR) is 132 cm³/mol. The average molecular weight is 538 g/mol. The molecule has 0 radical (unpaired) electrons. The second-order valence-corrected chi connectivity index (χ2v) is 10.6. The smallest absolute Gasteiger partial charge is 0.419 e. The number of benzene rings is 3. The summed E-state index contributed by atoms with van der Waals surface area (Å²) in [4.78, 5) is 12.9. The molecule has 0 bridgehead atoms. The van der Waals surface area contributed by atoms with Crippen LogP contribution in [0.5, 0.6) is 5.75 Å². The van der Waals surface area contributed by atoms with Crippen molar-refractivity contribution >= 4 is 16.1 Å². The molecule has 0 heterocycles. The predicted octanol–water partition coefficient (Wildman–Crippen LogP) is 5.57. The number of hydrogen-bond donors (Lipinski definition) is 0. The number of hydrogen-bond acceptors (Lipinski definition) is 5. The molecule has 3 aromatic carbocycles. The molecule has 0 spiro atoms. The summed E-state index contributed by atoms with van der Waals surface area (Å²) in [6, 6.07) is 16.9. The molecule has 198 valence electrons. The van der Waals surface area contributed by atoms with Crippen molar-refractivity contribution in [3.63, 3.8) is 0 Å². The zero-order valence-electron chi connectivity index (χ0n) is 20.2. The van der Waals surface area contributed by atoms with E-state index in [9.17, 15) is 30.8 Å². The van der Waals surface area contributed by atoms with Crippen molar-refractivity contribution in [3.8, 4) is 5.75 Å². The Balaban J connectivity index is 1.69. The first-order valence-electron chi connectivity index (χ1n) is 11.5. The van der Waals surface area contributed by atoms with Gasteiger partial charge in [0.25, 0.3) is 0 Å². The number of ether oxygens (including phenoxy) is 1. The highest BCUT2D eigenvalue weighted by molar-refractivity contribution is 7.90. The molecule has 0 N–H and O–H groups in total. The third-order valence-corrected chi connectivity index (χ3v) is 6.89. The highest BCUT2D eigenvalue weighted by Gasteiger charge is 2.34.